The van der Waals surface area contributed by atoms with Gasteiger partial charge in [0.1, 0.15) is 16.7 Å². The molecule has 0 bridgehead atoms. The van der Waals surface area contributed by atoms with Crippen LogP contribution in [0.15, 0.2) is 47.4 Å². The summed E-state index contributed by atoms with van der Waals surface area (Å²) in [4.78, 5) is 16.0. The van der Waals surface area contributed by atoms with Gasteiger partial charge in [-0.1, -0.05) is 25.1 Å². The largest absolute Gasteiger partial charge is 0.487 e. The molecule has 9 nitrogen and oxygen atoms in total. The van der Waals surface area contributed by atoms with Crippen LogP contribution in [0.25, 0.3) is 11.1 Å². The van der Waals surface area contributed by atoms with Crippen molar-refractivity contribution in [1.29, 1.82) is 5.26 Å². The highest BCUT2D eigenvalue weighted by molar-refractivity contribution is 7.89. The highest BCUT2D eigenvalue weighted by Gasteiger charge is 2.38. The molecule has 0 saturated heterocycles. The molecule has 2 aromatic rings. The number of aliphatic hydroxyl groups is 1. The fraction of sp³-hybridized carbons (Fsp3) is 0.462. The second-order valence-electron chi connectivity index (χ2n) is 9.60. The van der Waals surface area contributed by atoms with E-state index in [1.165, 1.54) is 10.4 Å². The molecule has 36 heavy (non-hydrogen) atoms. The number of hydrogen-bond acceptors (Lipinski definition) is 7. The average Bonchev–Trinajstić information content (AvgIpc) is 2.85. The molecule has 1 amide bonds. The Bertz CT molecular complexity index is 1220. The zero-order chi connectivity index (χ0) is 26.6. The predicted octanol–water partition coefficient (Wildman–Crippen LogP) is 2.01. The van der Waals surface area contributed by atoms with Gasteiger partial charge in [0.25, 0.3) is 0 Å². The van der Waals surface area contributed by atoms with Gasteiger partial charge in [0, 0.05) is 25.6 Å². The van der Waals surface area contributed by atoms with Crippen molar-refractivity contribution in [2.45, 2.75) is 30.9 Å². The molecule has 3 atom stereocenters. The summed E-state index contributed by atoms with van der Waals surface area (Å²) in [5.41, 5.74) is 2.07. The van der Waals surface area contributed by atoms with Crippen molar-refractivity contribution in [3.8, 4) is 22.9 Å². The molecular formula is C26H34N4O5S. The molecule has 1 N–H and O–H groups in total. The third kappa shape index (κ3) is 6.05. The van der Waals surface area contributed by atoms with E-state index in [0.29, 0.717) is 5.56 Å². The highest BCUT2D eigenvalue weighted by atomic mass is 32.2. The van der Waals surface area contributed by atoms with Crippen LogP contribution in [0, 0.1) is 17.2 Å². The topological polar surface area (TPSA) is 114 Å². The molecule has 1 aliphatic heterocycles. The molecule has 2 aromatic carbocycles. The smallest absolute Gasteiger partial charge is 0.247 e. The first kappa shape index (κ1) is 27.6. The zero-order valence-corrected chi connectivity index (χ0v) is 22.2. The maximum Gasteiger partial charge on any atom is 0.247 e. The fourth-order valence-electron chi connectivity index (χ4n) is 4.12. The number of benzene rings is 2. The van der Waals surface area contributed by atoms with Gasteiger partial charge in [-0.05, 0) is 56.4 Å². The zero-order valence-electron chi connectivity index (χ0n) is 21.4. The lowest BCUT2D eigenvalue weighted by molar-refractivity contribution is -0.132. The third-order valence-corrected chi connectivity index (χ3v) is 8.37. The van der Waals surface area contributed by atoms with Crippen LogP contribution in [0.3, 0.4) is 0 Å². The van der Waals surface area contributed by atoms with Gasteiger partial charge in [-0.25, -0.2) is 8.42 Å². The van der Waals surface area contributed by atoms with E-state index in [4.69, 9.17) is 10.00 Å². The van der Waals surface area contributed by atoms with E-state index in [1.54, 1.807) is 60.2 Å². The summed E-state index contributed by atoms with van der Waals surface area (Å²) >= 11 is 0. The van der Waals surface area contributed by atoms with Gasteiger partial charge >= 0.3 is 0 Å². The lowest BCUT2D eigenvalue weighted by Crippen LogP contribution is -2.50. The van der Waals surface area contributed by atoms with Crippen molar-refractivity contribution in [1.82, 2.24) is 14.1 Å². The van der Waals surface area contributed by atoms with Crippen LogP contribution in [-0.2, 0) is 14.8 Å². The van der Waals surface area contributed by atoms with E-state index in [9.17, 15) is 18.3 Å². The summed E-state index contributed by atoms with van der Waals surface area (Å²) in [5, 5.41) is 18.9. The van der Waals surface area contributed by atoms with E-state index in [-0.39, 0.29) is 48.7 Å². The normalized spacial score (nSPS) is 20.4. The molecule has 0 aromatic heterocycles. The summed E-state index contributed by atoms with van der Waals surface area (Å²) in [6, 6.07) is 13.4. The number of fused-ring (bicyclic) bond motifs is 1. The van der Waals surface area contributed by atoms with Gasteiger partial charge in [0.05, 0.1) is 31.3 Å². The monoisotopic (exact) mass is 514 g/mol. The van der Waals surface area contributed by atoms with Gasteiger partial charge in [-0.2, -0.15) is 9.57 Å². The lowest BCUT2D eigenvalue weighted by Gasteiger charge is -2.37. The molecule has 10 heteroatoms. The molecule has 1 heterocycles. The number of amides is 1. The van der Waals surface area contributed by atoms with E-state index < -0.39 is 22.2 Å². The van der Waals surface area contributed by atoms with Crippen molar-refractivity contribution in [2.75, 3.05) is 47.4 Å². The number of rotatable bonds is 7. The van der Waals surface area contributed by atoms with Crippen LogP contribution in [0.5, 0.6) is 5.75 Å². The summed E-state index contributed by atoms with van der Waals surface area (Å²) in [7, 11) is 1.39. The Morgan fingerprint density at radius 2 is 1.83 bits per heavy atom. The van der Waals surface area contributed by atoms with Crippen molar-refractivity contribution >= 4 is 15.9 Å². The molecule has 0 aliphatic carbocycles. The van der Waals surface area contributed by atoms with E-state index in [2.05, 4.69) is 6.07 Å². The second kappa shape index (κ2) is 11.4. The number of sulfonamides is 1. The summed E-state index contributed by atoms with van der Waals surface area (Å²) in [6.07, 6.45) is -0.486. The third-order valence-electron chi connectivity index (χ3n) is 6.35. The summed E-state index contributed by atoms with van der Waals surface area (Å²) in [5.74, 6) is -0.148. The molecule has 0 saturated carbocycles. The standard InChI is InChI=1S/C26H34N4O5S/c1-18-14-30(19(2)17-31)36(33,34)25-11-10-22(21-8-6-20(13-27)7-9-21)12-23(25)35-24(18)15-29(5)26(32)16-28(3)4/h6-12,18-19,24,31H,14-17H2,1-5H3/t18-,19+,24+/m1/s1. The SMILES string of the molecule is C[C@@H]1CN([C@@H](C)CO)S(=O)(=O)c2ccc(-c3ccc(C#N)cc3)cc2O[C@H]1CN(C)C(=O)CN(C)C. The maximum absolute atomic E-state index is 13.6. The second-order valence-corrected chi connectivity index (χ2v) is 11.5. The highest BCUT2D eigenvalue weighted by Crippen LogP contribution is 2.36. The van der Waals surface area contributed by atoms with Gasteiger partial charge in [0.15, 0.2) is 0 Å². The van der Waals surface area contributed by atoms with Crippen LogP contribution >= 0.6 is 0 Å². The van der Waals surface area contributed by atoms with E-state index in [1.807, 2.05) is 21.0 Å². The first-order chi connectivity index (χ1) is 17.0. The van der Waals surface area contributed by atoms with Crippen LogP contribution < -0.4 is 4.74 Å². The molecule has 3 rings (SSSR count). The number of carbonyl (C=O) groups excluding carboxylic acids is 1. The number of likely N-dealkylation sites (N-methyl/N-ethyl adjacent to an activating group) is 2. The molecule has 0 radical (unpaired) electrons. The molecule has 1 aliphatic rings. The summed E-state index contributed by atoms with van der Waals surface area (Å²) in [6.45, 7) is 3.89. The number of ether oxygens (including phenoxy) is 1. The predicted molar refractivity (Wildman–Crippen MR) is 137 cm³/mol. The van der Waals surface area contributed by atoms with Crippen LogP contribution in [0.2, 0.25) is 0 Å². The maximum atomic E-state index is 13.6. The summed E-state index contributed by atoms with van der Waals surface area (Å²) < 4.78 is 34.9. The lowest BCUT2D eigenvalue weighted by atomic mass is 10.0. The van der Waals surface area contributed by atoms with E-state index >= 15 is 0 Å². The van der Waals surface area contributed by atoms with Crippen molar-refractivity contribution in [2.24, 2.45) is 5.92 Å². The number of nitriles is 1. The molecule has 0 spiro atoms. The van der Waals surface area contributed by atoms with Gasteiger partial charge in [0.2, 0.25) is 15.9 Å². The van der Waals surface area contributed by atoms with Crippen molar-refractivity contribution in [3.63, 3.8) is 0 Å². The number of hydrogen-bond donors (Lipinski definition) is 1. The molecule has 0 fully saturated rings. The average molecular weight is 515 g/mol. The van der Waals surface area contributed by atoms with Crippen molar-refractivity contribution in [3.05, 3.63) is 48.0 Å². The molecule has 194 valence electrons. The van der Waals surface area contributed by atoms with Crippen LogP contribution in [0.4, 0.5) is 0 Å². The Balaban J connectivity index is 2.07. The quantitative estimate of drug-likeness (QED) is 0.601. The Kier molecular flexibility index (Phi) is 8.74. The minimum atomic E-state index is -3.96. The Labute approximate surface area is 213 Å². The molecule has 0 unspecified atom stereocenters. The number of aliphatic hydroxyl groups excluding tert-OH is 1. The van der Waals surface area contributed by atoms with Crippen LogP contribution in [-0.4, -0.2) is 93.1 Å². The van der Waals surface area contributed by atoms with Gasteiger partial charge in [-0.3, -0.25) is 4.79 Å². The fourth-order valence-corrected chi connectivity index (χ4v) is 5.95. The van der Waals surface area contributed by atoms with Gasteiger partial charge < -0.3 is 19.6 Å². The minimum absolute atomic E-state index is 0.0133. The molecular weight excluding hydrogens is 480 g/mol. The number of carbonyl (C=O) groups is 1. The first-order valence-corrected chi connectivity index (χ1v) is 13.2. The van der Waals surface area contributed by atoms with Crippen LogP contribution in [0.1, 0.15) is 19.4 Å². The van der Waals surface area contributed by atoms with E-state index in [0.717, 1.165) is 11.1 Å². The first-order valence-electron chi connectivity index (χ1n) is 11.8. The Hall–Kier alpha value is -2.97. The Morgan fingerprint density at radius 1 is 1.19 bits per heavy atom. The van der Waals surface area contributed by atoms with Gasteiger partial charge in [-0.15, -0.1) is 0 Å². The number of nitrogens with zero attached hydrogens (tertiary/aromatic N) is 4. The minimum Gasteiger partial charge on any atom is -0.487 e. The van der Waals surface area contributed by atoms with Crippen molar-refractivity contribution < 1.29 is 23.1 Å². The Morgan fingerprint density at radius 3 is 2.42 bits per heavy atom.